The molecular weight excluding hydrogens is 204 g/mol. The van der Waals surface area contributed by atoms with Gasteiger partial charge in [0.1, 0.15) is 6.61 Å². The van der Waals surface area contributed by atoms with Gasteiger partial charge in [-0.1, -0.05) is 0 Å². The summed E-state index contributed by atoms with van der Waals surface area (Å²) in [7, 11) is 1.88. The lowest BCUT2D eigenvalue weighted by molar-refractivity contribution is -0.143. The normalized spacial score (nSPS) is 30.1. The predicted octanol–water partition coefficient (Wildman–Crippen LogP) is 0.766. The van der Waals surface area contributed by atoms with E-state index in [9.17, 15) is 4.79 Å². The van der Waals surface area contributed by atoms with E-state index < -0.39 is 0 Å². The number of piperidine rings is 1. The van der Waals surface area contributed by atoms with Gasteiger partial charge in [0.15, 0.2) is 0 Å². The summed E-state index contributed by atoms with van der Waals surface area (Å²) < 4.78 is 5.78. The molecule has 4 nitrogen and oxygen atoms in total. The van der Waals surface area contributed by atoms with Crippen molar-refractivity contribution < 1.29 is 9.53 Å². The van der Waals surface area contributed by atoms with Crippen LogP contribution in [0.15, 0.2) is 0 Å². The third-order valence-electron chi connectivity index (χ3n) is 3.59. The largest absolute Gasteiger partial charge is 0.364 e. The molecular formula is C12H22N2O2. The molecule has 0 aromatic heterocycles. The van der Waals surface area contributed by atoms with Gasteiger partial charge in [-0.05, 0) is 39.2 Å². The molecule has 0 aromatic rings. The van der Waals surface area contributed by atoms with Crippen LogP contribution in [0.25, 0.3) is 0 Å². The molecule has 1 aliphatic carbocycles. The highest BCUT2D eigenvalue weighted by Gasteiger charge is 2.32. The summed E-state index contributed by atoms with van der Waals surface area (Å²) in [5.74, 6) is 0.120. The second kappa shape index (κ2) is 4.72. The Hall–Kier alpha value is -0.610. The smallest absolute Gasteiger partial charge is 0.248 e. The number of nitrogens with one attached hydrogen (secondary N) is 1. The minimum atomic E-state index is -0.154. The number of amides is 1. The van der Waals surface area contributed by atoms with Crippen LogP contribution in [0, 0.1) is 0 Å². The zero-order valence-corrected chi connectivity index (χ0v) is 10.3. The molecule has 4 heteroatoms. The Morgan fingerprint density at radius 1 is 1.56 bits per heavy atom. The number of hydrogen-bond acceptors (Lipinski definition) is 3. The van der Waals surface area contributed by atoms with Crippen molar-refractivity contribution in [3.63, 3.8) is 0 Å². The Bertz CT molecular complexity index is 258. The van der Waals surface area contributed by atoms with Crippen molar-refractivity contribution in [3.8, 4) is 0 Å². The van der Waals surface area contributed by atoms with Crippen LogP contribution in [-0.2, 0) is 9.53 Å². The maximum absolute atomic E-state index is 11.8. The quantitative estimate of drug-likeness (QED) is 0.769. The highest BCUT2D eigenvalue weighted by Crippen LogP contribution is 2.26. The summed E-state index contributed by atoms with van der Waals surface area (Å²) in [4.78, 5) is 13.6. The van der Waals surface area contributed by atoms with Crippen LogP contribution in [0.2, 0.25) is 0 Å². The fourth-order valence-electron chi connectivity index (χ4n) is 2.15. The minimum Gasteiger partial charge on any atom is -0.364 e. The molecule has 16 heavy (non-hydrogen) atoms. The third-order valence-corrected chi connectivity index (χ3v) is 3.59. The van der Waals surface area contributed by atoms with E-state index in [1.165, 1.54) is 0 Å². The Kier molecular flexibility index (Phi) is 3.50. The van der Waals surface area contributed by atoms with E-state index in [0.717, 1.165) is 38.8 Å². The highest BCUT2D eigenvalue weighted by molar-refractivity contribution is 5.77. The van der Waals surface area contributed by atoms with Crippen molar-refractivity contribution in [2.75, 3.05) is 26.7 Å². The van der Waals surface area contributed by atoms with E-state index in [4.69, 9.17) is 4.74 Å². The van der Waals surface area contributed by atoms with Gasteiger partial charge in [-0.15, -0.1) is 0 Å². The fourth-order valence-corrected chi connectivity index (χ4v) is 2.15. The van der Waals surface area contributed by atoms with E-state index in [2.05, 4.69) is 12.2 Å². The lowest BCUT2D eigenvalue weighted by Gasteiger charge is -2.34. The monoisotopic (exact) mass is 226 g/mol. The molecule has 92 valence electrons. The molecule has 2 rings (SSSR count). The Morgan fingerprint density at radius 2 is 2.31 bits per heavy atom. The number of likely N-dealkylation sites (N-methyl/N-ethyl adjacent to an activating group) is 1. The van der Waals surface area contributed by atoms with Crippen LogP contribution < -0.4 is 5.32 Å². The molecule has 2 fully saturated rings. The summed E-state index contributed by atoms with van der Waals surface area (Å²) in [5.41, 5.74) is -0.154. The number of carbonyl (C=O) groups excluding carboxylic acids is 1. The standard InChI is InChI=1S/C12H22N2O2/c1-12(6-3-7-13-9-12)16-8-11(15)14(2)10-4-5-10/h10,13H,3-9H2,1-2H3. The molecule has 0 spiro atoms. The summed E-state index contributed by atoms with van der Waals surface area (Å²) in [6.07, 6.45) is 4.48. The van der Waals surface area contributed by atoms with Crippen LogP contribution in [0.5, 0.6) is 0 Å². The van der Waals surface area contributed by atoms with E-state index in [1.807, 2.05) is 11.9 Å². The molecule has 1 aliphatic heterocycles. The predicted molar refractivity (Wildman–Crippen MR) is 62.3 cm³/mol. The molecule has 1 atom stereocenters. The topological polar surface area (TPSA) is 41.6 Å². The molecule has 0 aromatic carbocycles. The molecule has 1 heterocycles. The summed E-state index contributed by atoms with van der Waals surface area (Å²) in [6, 6.07) is 0.480. The first-order valence-corrected chi connectivity index (χ1v) is 6.21. The summed E-state index contributed by atoms with van der Waals surface area (Å²) >= 11 is 0. The number of ether oxygens (including phenoxy) is 1. The van der Waals surface area contributed by atoms with E-state index in [0.29, 0.717) is 6.04 Å². The molecule has 1 unspecified atom stereocenters. The second-order valence-corrected chi connectivity index (χ2v) is 5.25. The molecule has 0 radical (unpaired) electrons. The van der Waals surface area contributed by atoms with Crippen LogP contribution in [0.3, 0.4) is 0 Å². The van der Waals surface area contributed by atoms with Crippen LogP contribution in [0.1, 0.15) is 32.6 Å². The number of rotatable bonds is 4. The first kappa shape index (κ1) is 11.9. The van der Waals surface area contributed by atoms with Gasteiger partial charge < -0.3 is 15.0 Å². The lowest BCUT2D eigenvalue weighted by Crippen LogP contribution is -2.47. The molecule has 0 bridgehead atoms. The van der Waals surface area contributed by atoms with Gasteiger partial charge in [0.25, 0.3) is 0 Å². The average Bonchev–Trinajstić information content (AvgIpc) is 3.10. The molecule has 1 N–H and O–H groups in total. The van der Waals surface area contributed by atoms with E-state index in [1.54, 1.807) is 0 Å². The van der Waals surface area contributed by atoms with Gasteiger partial charge in [-0.3, -0.25) is 4.79 Å². The summed E-state index contributed by atoms with van der Waals surface area (Å²) in [5, 5.41) is 3.31. The second-order valence-electron chi connectivity index (χ2n) is 5.25. The van der Waals surface area contributed by atoms with Gasteiger partial charge in [-0.2, -0.15) is 0 Å². The first-order valence-electron chi connectivity index (χ1n) is 6.21. The van der Waals surface area contributed by atoms with Gasteiger partial charge in [0, 0.05) is 19.6 Å². The van der Waals surface area contributed by atoms with Crippen LogP contribution in [0.4, 0.5) is 0 Å². The Labute approximate surface area is 97.3 Å². The van der Waals surface area contributed by atoms with Gasteiger partial charge in [-0.25, -0.2) is 0 Å². The molecule has 1 amide bonds. The highest BCUT2D eigenvalue weighted by atomic mass is 16.5. The third kappa shape index (κ3) is 2.95. The van der Waals surface area contributed by atoms with Gasteiger partial charge in [0.05, 0.1) is 5.60 Å². The maximum Gasteiger partial charge on any atom is 0.248 e. The Balaban J connectivity index is 1.74. The SMILES string of the molecule is CN(C(=O)COC1(C)CCCNC1)C1CC1. The first-order chi connectivity index (χ1) is 7.61. The van der Waals surface area contributed by atoms with Crippen molar-refractivity contribution in [2.45, 2.75) is 44.2 Å². The average molecular weight is 226 g/mol. The molecule has 1 saturated heterocycles. The van der Waals surface area contributed by atoms with Crippen molar-refractivity contribution in [2.24, 2.45) is 0 Å². The number of nitrogens with zero attached hydrogens (tertiary/aromatic N) is 1. The van der Waals surface area contributed by atoms with Crippen molar-refractivity contribution in [1.82, 2.24) is 10.2 Å². The van der Waals surface area contributed by atoms with Gasteiger partial charge >= 0.3 is 0 Å². The number of carbonyl (C=O) groups is 1. The minimum absolute atomic E-state index is 0.120. The molecule has 1 saturated carbocycles. The lowest BCUT2D eigenvalue weighted by atomic mass is 9.96. The van der Waals surface area contributed by atoms with Gasteiger partial charge in [0.2, 0.25) is 5.91 Å². The van der Waals surface area contributed by atoms with E-state index >= 15 is 0 Å². The summed E-state index contributed by atoms with van der Waals surface area (Å²) in [6.45, 7) is 4.23. The number of hydrogen-bond donors (Lipinski definition) is 1. The molecule has 2 aliphatic rings. The van der Waals surface area contributed by atoms with Crippen molar-refractivity contribution in [3.05, 3.63) is 0 Å². The zero-order chi connectivity index (χ0) is 11.6. The fraction of sp³-hybridized carbons (Fsp3) is 0.917. The van der Waals surface area contributed by atoms with Crippen molar-refractivity contribution in [1.29, 1.82) is 0 Å². The zero-order valence-electron chi connectivity index (χ0n) is 10.3. The van der Waals surface area contributed by atoms with E-state index in [-0.39, 0.29) is 18.1 Å². The maximum atomic E-state index is 11.8. The van der Waals surface area contributed by atoms with Crippen LogP contribution in [-0.4, -0.2) is 49.2 Å². The van der Waals surface area contributed by atoms with Crippen molar-refractivity contribution >= 4 is 5.91 Å². The van der Waals surface area contributed by atoms with Crippen LogP contribution >= 0.6 is 0 Å². The Morgan fingerprint density at radius 3 is 2.88 bits per heavy atom.